The molecule has 0 amide bonds. The van der Waals surface area contributed by atoms with Crippen LogP contribution >= 0.6 is 0 Å². The van der Waals surface area contributed by atoms with E-state index < -0.39 is 0 Å². The quantitative estimate of drug-likeness (QED) is 0.624. The van der Waals surface area contributed by atoms with Crippen molar-refractivity contribution >= 4 is 11.5 Å². The van der Waals surface area contributed by atoms with E-state index >= 15 is 0 Å². The fraction of sp³-hybridized carbons (Fsp3) is 0.625. The molecule has 0 fully saturated rings. The predicted octanol–water partition coefficient (Wildman–Crippen LogP) is 0.209. The van der Waals surface area contributed by atoms with Gasteiger partial charge in [0.25, 0.3) is 0 Å². The average Bonchev–Trinajstić information content (AvgIpc) is 2.44. The van der Waals surface area contributed by atoms with E-state index in [4.69, 9.17) is 11.5 Å². The Labute approximate surface area is 77.3 Å². The average molecular weight is 184 g/mol. The molecular weight excluding hydrogens is 168 g/mol. The molecule has 0 aromatic carbocycles. The molecule has 5 heteroatoms. The zero-order chi connectivity index (χ0) is 9.84. The van der Waals surface area contributed by atoms with Crippen molar-refractivity contribution in [1.29, 1.82) is 0 Å². The van der Waals surface area contributed by atoms with Crippen LogP contribution in [0, 0.1) is 0 Å². The van der Waals surface area contributed by atoms with Crippen molar-refractivity contribution in [3.63, 3.8) is 0 Å². The van der Waals surface area contributed by atoms with Gasteiger partial charge in [0.1, 0.15) is 5.82 Å². The molecular formula is C8H16N4O. The van der Waals surface area contributed by atoms with E-state index in [2.05, 4.69) is 5.10 Å². The SMILES string of the molecule is CCC(O)CCn1ncc(N)c1N. The molecule has 1 unspecified atom stereocenters. The van der Waals surface area contributed by atoms with Crippen molar-refractivity contribution in [3.05, 3.63) is 6.20 Å². The zero-order valence-corrected chi connectivity index (χ0v) is 7.77. The van der Waals surface area contributed by atoms with Crippen molar-refractivity contribution in [2.75, 3.05) is 11.5 Å². The van der Waals surface area contributed by atoms with Crippen LogP contribution < -0.4 is 11.5 Å². The summed E-state index contributed by atoms with van der Waals surface area (Å²) in [5.74, 6) is 0.475. The highest BCUT2D eigenvalue weighted by Gasteiger charge is 2.06. The summed E-state index contributed by atoms with van der Waals surface area (Å²) in [5.41, 5.74) is 11.6. The van der Waals surface area contributed by atoms with Gasteiger partial charge >= 0.3 is 0 Å². The lowest BCUT2D eigenvalue weighted by Crippen LogP contribution is -2.12. The Morgan fingerprint density at radius 1 is 1.62 bits per heavy atom. The number of nitrogens with zero attached hydrogens (tertiary/aromatic N) is 2. The molecule has 5 N–H and O–H groups in total. The van der Waals surface area contributed by atoms with Crippen molar-refractivity contribution < 1.29 is 5.11 Å². The first-order valence-electron chi connectivity index (χ1n) is 4.40. The molecule has 1 heterocycles. The number of anilines is 2. The molecule has 1 atom stereocenters. The van der Waals surface area contributed by atoms with Crippen LogP contribution in [0.1, 0.15) is 19.8 Å². The molecule has 5 nitrogen and oxygen atoms in total. The molecule has 13 heavy (non-hydrogen) atoms. The Morgan fingerprint density at radius 2 is 2.31 bits per heavy atom. The number of aromatic nitrogens is 2. The van der Waals surface area contributed by atoms with Crippen LogP contribution in [0.2, 0.25) is 0 Å². The smallest absolute Gasteiger partial charge is 0.145 e. The summed E-state index contributed by atoms with van der Waals surface area (Å²) >= 11 is 0. The summed E-state index contributed by atoms with van der Waals surface area (Å²) in [4.78, 5) is 0. The normalized spacial score (nSPS) is 13.1. The molecule has 0 saturated heterocycles. The molecule has 74 valence electrons. The molecule has 0 radical (unpaired) electrons. The second kappa shape index (κ2) is 4.13. The van der Waals surface area contributed by atoms with Gasteiger partial charge < -0.3 is 16.6 Å². The second-order valence-electron chi connectivity index (χ2n) is 3.06. The van der Waals surface area contributed by atoms with E-state index in [9.17, 15) is 5.11 Å². The standard InChI is InChI=1S/C8H16N4O/c1-2-6(13)3-4-12-8(10)7(9)5-11-12/h5-6,13H,2-4,9-10H2,1H3. The molecule has 0 saturated carbocycles. The van der Waals surface area contributed by atoms with E-state index in [1.54, 1.807) is 4.68 Å². The molecule has 0 aliphatic heterocycles. The number of aryl methyl sites for hydroxylation is 1. The van der Waals surface area contributed by atoms with Gasteiger partial charge in [-0.25, -0.2) is 4.68 Å². The number of nitrogens with two attached hydrogens (primary N) is 2. The Bertz CT molecular complexity index is 271. The van der Waals surface area contributed by atoms with Crippen LogP contribution in [-0.4, -0.2) is 21.0 Å². The summed E-state index contributed by atoms with van der Waals surface area (Å²) in [6, 6.07) is 0. The van der Waals surface area contributed by atoms with E-state index in [0.717, 1.165) is 6.42 Å². The summed E-state index contributed by atoms with van der Waals surface area (Å²) in [6.45, 7) is 2.55. The highest BCUT2D eigenvalue weighted by molar-refractivity contribution is 5.56. The minimum Gasteiger partial charge on any atom is -0.394 e. The first kappa shape index (κ1) is 9.85. The minimum absolute atomic E-state index is 0.287. The van der Waals surface area contributed by atoms with E-state index in [1.807, 2.05) is 6.92 Å². The Morgan fingerprint density at radius 3 is 2.77 bits per heavy atom. The molecule has 0 bridgehead atoms. The third-order valence-electron chi connectivity index (χ3n) is 2.06. The molecule has 0 aliphatic rings. The summed E-state index contributed by atoms with van der Waals surface area (Å²) < 4.78 is 1.61. The monoisotopic (exact) mass is 184 g/mol. The Balaban J connectivity index is 2.50. The van der Waals surface area contributed by atoms with E-state index in [-0.39, 0.29) is 6.10 Å². The van der Waals surface area contributed by atoms with Crippen molar-refractivity contribution in [2.24, 2.45) is 0 Å². The third kappa shape index (κ3) is 2.35. The zero-order valence-electron chi connectivity index (χ0n) is 7.77. The van der Waals surface area contributed by atoms with Crippen LogP contribution in [0.15, 0.2) is 6.20 Å². The predicted molar refractivity (Wildman–Crippen MR) is 52.0 cm³/mol. The van der Waals surface area contributed by atoms with Gasteiger partial charge in [-0.3, -0.25) is 0 Å². The van der Waals surface area contributed by atoms with Gasteiger partial charge in [-0.2, -0.15) is 5.10 Å². The number of rotatable bonds is 4. The van der Waals surface area contributed by atoms with Gasteiger partial charge in [0, 0.05) is 6.54 Å². The van der Waals surface area contributed by atoms with Crippen LogP contribution in [0.5, 0.6) is 0 Å². The maximum absolute atomic E-state index is 9.30. The number of hydrogen-bond acceptors (Lipinski definition) is 4. The van der Waals surface area contributed by atoms with E-state index in [0.29, 0.717) is 24.5 Å². The van der Waals surface area contributed by atoms with Crippen LogP contribution in [0.25, 0.3) is 0 Å². The third-order valence-corrected chi connectivity index (χ3v) is 2.06. The summed E-state index contributed by atoms with van der Waals surface area (Å²) in [5, 5.41) is 13.3. The van der Waals surface area contributed by atoms with Crippen molar-refractivity contribution in [3.8, 4) is 0 Å². The van der Waals surface area contributed by atoms with Crippen molar-refractivity contribution in [1.82, 2.24) is 9.78 Å². The molecule has 0 aliphatic carbocycles. The maximum atomic E-state index is 9.30. The lowest BCUT2D eigenvalue weighted by atomic mass is 10.2. The number of aliphatic hydroxyl groups excluding tert-OH is 1. The Kier molecular flexibility index (Phi) is 3.13. The first-order valence-corrected chi connectivity index (χ1v) is 4.40. The fourth-order valence-corrected chi connectivity index (χ4v) is 1.06. The lowest BCUT2D eigenvalue weighted by molar-refractivity contribution is 0.153. The fourth-order valence-electron chi connectivity index (χ4n) is 1.06. The Hall–Kier alpha value is -1.23. The number of aliphatic hydroxyl groups is 1. The summed E-state index contributed by atoms with van der Waals surface area (Å²) in [7, 11) is 0. The summed E-state index contributed by atoms with van der Waals surface area (Å²) in [6.07, 6.45) is 2.64. The van der Waals surface area contributed by atoms with Gasteiger partial charge in [-0.1, -0.05) is 6.92 Å². The van der Waals surface area contributed by atoms with Gasteiger partial charge in [0.05, 0.1) is 18.0 Å². The van der Waals surface area contributed by atoms with Crippen LogP contribution in [0.3, 0.4) is 0 Å². The van der Waals surface area contributed by atoms with E-state index in [1.165, 1.54) is 6.20 Å². The molecule has 1 aromatic rings. The number of nitrogen functional groups attached to an aromatic ring is 2. The van der Waals surface area contributed by atoms with Gasteiger partial charge in [-0.15, -0.1) is 0 Å². The molecule has 1 aromatic heterocycles. The first-order chi connectivity index (χ1) is 6.15. The largest absolute Gasteiger partial charge is 0.394 e. The van der Waals surface area contributed by atoms with Crippen LogP contribution in [-0.2, 0) is 6.54 Å². The molecule has 0 spiro atoms. The van der Waals surface area contributed by atoms with Crippen LogP contribution in [0.4, 0.5) is 11.5 Å². The van der Waals surface area contributed by atoms with Crippen molar-refractivity contribution in [2.45, 2.75) is 32.4 Å². The topological polar surface area (TPSA) is 90.1 Å². The highest BCUT2D eigenvalue weighted by Crippen LogP contribution is 2.13. The van der Waals surface area contributed by atoms with Gasteiger partial charge in [0.15, 0.2) is 0 Å². The highest BCUT2D eigenvalue weighted by atomic mass is 16.3. The minimum atomic E-state index is -0.287. The second-order valence-corrected chi connectivity index (χ2v) is 3.06. The molecule has 1 rings (SSSR count). The maximum Gasteiger partial charge on any atom is 0.145 e. The number of hydrogen-bond donors (Lipinski definition) is 3. The van der Waals surface area contributed by atoms with Gasteiger partial charge in [-0.05, 0) is 12.8 Å². The van der Waals surface area contributed by atoms with Gasteiger partial charge in [0.2, 0.25) is 0 Å². The lowest BCUT2D eigenvalue weighted by Gasteiger charge is -2.08.